The normalized spacial score (nSPS) is 23.5. The number of hydrogen-bond acceptors (Lipinski definition) is 3. The Morgan fingerprint density at radius 3 is 2.28 bits per heavy atom. The molecule has 0 aromatic heterocycles. The van der Waals surface area contributed by atoms with Crippen molar-refractivity contribution in [3.05, 3.63) is 35.4 Å². The van der Waals surface area contributed by atoms with Crippen LogP contribution < -0.4 is 5.32 Å². The number of amides is 3. The minimum atomic E-state index is 0.0353. The van der Waals surface area contributed by atoms with Crippen LogP contribution in [0.1, 0.15) is 49.8 Å². The molecule has 4 rings (SSSR count). The number of aryl methyl sites for hydroxylation is 1. The molecule has 0 aliphatic carbocycles. The summed E-state index contributed by atoms with van der Waals surface area (Å²) in [6.45, 7) is 7.75. The predicted molar refractivity (Wildman–Crippen MR) is 114 cm³/mol. The Labute approximate surface area is 174 Å². The fraction of sp³-hybridized carbons (Fsp3) is 0.652. The molecule has 1 aromatic carbocycles. The SMILES string of the molecule is CCc1ccc(C2CNCCN2C(=O)C2CCN(C(=O)N3CCCC3)CC2)cc1. The van der Waals surface area contributed by atoms with Gasteiger partial charge in [-0.2, -0.15) is 0 Å². The summed E-state index contributed by atoms with van der Waals surface area (Å²) >= 11 is 0. The zero-order valence-corrected chi connectivity index (χ0v) is 17.6. The molecular formula is C23H34N4O2. The lowest BCUT2D eigenvalue weighted by Gasteiger charge is -2.41. The van der Waals surface area contributed by atoms with Gasteiger partial charge in [-0.15, -0.1) is 0 Å². The first kappa shape index (κ1) is 20.2. The first-order valence-electron chi connectivity index (χ1n) is 11.3. The molecule has 6 nitrogen and oxygen atoms in total. The minimum Gasteiger partial charge on any atom is -0.333 e. The highest BCUT2D eigenvalue weighted by Gasteiger charge is 2.35. The van der Waals surface area contributed by atoms with Gasteiger partial charge in [-0.25, -0.2) is 4.79 Å². The third kappa shape index (κ3) is 4.42. The zero-order valence-electron chi connectivity index (χ0n) is 17.6. The number of piperazine rings is 1. The van der Waals surface area contributed by atoms with Gasteiger partial charge in [0.2, 0.25) is 5.91 Å². The number of piperidine rings is 1. The molecule has 0 saturated carbocycles. The molecule has 3 saturated heterocycles. The number of nitrogens with zero attached hydrogens (tertiary/aromatic N) is 3. The largest absolute Gasteiger partial charge is 0.333 e. The van der Waals surface area contributed by atoms with Crippen LogP contribution in [-0.4, -0.2) is 72.5 Å². The molecule has 3 aliphatic heterocycles. The average molecular weight is 399 g/mol. The second-order valence-corrected chi connectivity index (χ2v) is 8.58. The van der Waals surface area contributed by atoms with Crippen LogP contribution in [0.2, 0.25) is 0 Å². The van der Waals surface area contributed by atoms with Crippen molar-refractivity contribution in [2.24, 2.45) is 5.92 Å². The average Bonchev–Trinajstić information content (AvgIpc) is 3.33. The van der Waals surface area contributed by atoms with Crippen molar-refractivity contribution in [2.45, 2.75) is 45.1 Å². The fourth-order valence-corrected chi connectivity index (χ4v) is 4.90. The van der Waals surface area contributed by atoms with Crippen LogP contribution in [0.5, 0.6) is 0 Å². The van der Waals surface area contributed by atoms with Gasteiger partial charge in [0.15, 0.2) is 0 Å². The van der Waals surface area contributed by atoms with Crippen molar-refractivity contribution in [1.29, 1.82) is 0 Å². The smallest absolute Gasteiger partial charge is 0.319 e. The van der Waals surface area contributed by atoms with Crippen LogP contribution in [0.15, 0.2) is 24.3 Å². The van der Waals surface area contributed by atoms with Gasteiger partial charge in [0, 0.05) is 51.7 Å². The maximum Gasteiger partial charge on any atom is 0.319 e. The van der Waals surface area contributed by atoms with Crippen molar-refractivity contribution in [3.63, 3.8) is 0 Å². The highest BCUT2D eigenvalue weighted by Crippen LogP contribution is 2.28. The lowest BCUT2D eigenvalue weighted by molar-refractivity contribution is -0.140. The predicted octanol–water partition coefficient (Wildman–Crippen LogP) is 2.65. The molecule has 1 N–H and O–H groups in total. The Hall–Kier alpha value is -2.08. The van der Waals surface area contributed by atoms with E-state index in [1.807, 2.05) is 9.80 Å². The van der Waals surface area contributed by atoms with Gasteiger partial charge in [0.25, 0.3) is 0 Å². The summed E-state index contributed by atoms with van der Waals surface area (Å²) in [5, 5.41) is 3.45. The number of nitrogens with one attached hydrogen (secondary N) is 1. The van der Waals surface area contributed by atoms with Crippen molar-refractivity contribution >= 4 is 11.9 Å². The van der Waals surface area contributed by atoms with Gasteiger partial charge >= 0.3 is 6.03 Å². The van der Waals surface area contributed by atoms with E-state index < -0.39 is 0 Å². The number of likely N-dealkylation sites (tertiary alicyclic amines) is 2. The minimum absolute atomic E-state index is 0.0353. The quantitative estimate of drug-likeness (QED) is 0.852. The van der Waals surface area contributed by atoms with Gasteiger partial charge in [0.1, 0.15) is 0 Å². The Morgan fingerprint density at radius 2 is 1.62 bits per heavy atom. The molecule has 3 amide bonds. The van der Waals surface area contributed by atoms with Crippen molar-refractivity contribution in [2.75, 3.05) is 45.8 Å². The second kappa shape index (κ2) is 9.16. The summed E-state index contributed by atoms with van der Waals surface area (Å²) in [6.07, 6.45) is 4.82. The molecule has 0 spiro atoms. The van der Waals surface area contributed by atoms with E-state index in [0.29, 0.717) is 13.1 Å². The van der Waals surface area contributed by atoms with Gasteiger partial charge in [-0.3, -0.25) is 4.79 Å². The standard InChI is InChI=1S/C23H34N4O2/c1-2-18-5-7-19(8-6-18)21-17-24-11-16-27(21)22(28)20-9-14-26(15-10-20)23(29)25-12-3-4-13-25/h5-8,20-21,24H,2-4,9-17H2,1H3. The van der Waals surface area contributed by atoms with Crippen LogP contribution in [-0.2, 0) is 11.2 Å². The highest BCUT2D eigenvalue weighted by molar-refractivity contribution is 5.80. The molecule has 0 bridgehead atoms. The third-order valence-corrected chi connectivity index (χ3v) is 6.79. The van der Waals surface area contributed by atoms with Crippen molar-refractivity contribution in [3.8, 4) is 0 Å². The Morgan fingerprint density at radius 1 is 0.966 bits per heavy atom. The number of benzene rings is 1. The van der Waals surface area contributed by atoms with Crippen LogP contribution in [0.3, 0.4) is 0 Å². The zero-order chi connectivity index (χ0) is 20.2. The molecule has 3 fully saturated rings. The van der Waals surface area contributed by atoms with E-state index in [2.05, 4.69) is 41.4 Å². The van der Waals surface area contributed by atoms with E-state index in [0.717, 1.165) is 64.8 Å². The van der Waals surface area contributed by atoms with Crippen LogP contribution in [0.25, 0.3) is 0 Å². The lowest BCUT2D eigenvalue weighted by Crippen LogP contribution is -2.53. The number of carbonyl (C=O) groups excluding carboxylic acids is 2. The summed E-state index contributed by atoms with van der Waals surface area (Å²) in [7, 11) is 0. The highest BCUT2D eigenvalue weighted by atomic mass is 16.2. The second-order valence-electron chi connectivity index (χ2n) is 8.58. The molecule has 6 heteroatoms. The first-order valence-corrected chi connectivity index (χ1v) is 11.3. The van der Waals surface area contributed by atoms with E-state index in [-0.39, 0.29) is 23.9 Å². The van der Waals surface area contributed by atoms with E-state index >= 15 is 0 Å². The maximum atomic E-state index is 13.4. The van der Waals surface area contributed by atoms with Gasteiger partial charge in [0.05, 0.1) is 6.04 Å². The number of urea groups is 1. The molecule has 29 heavy (non-hydrogen) atoms. The summed E-state index contributed by atoms with van der Waals surface area (Å²) in [5.74, 6) is 0.303. The Kier molecular flexibility index (Phi) is 6.38. The van der Waals surface area contributed by atoms with Crippen LogP contribution in [0.4, 0.5) is 4.79 Å². The molecule has 158 valence electrons. The lowest BCUT2D eigenvalue weighted by atomic mass is 9.93. The first-order chi connectivity index (χ1) is 14.2. The summed E-state index contributed by atoms with van der Waals surface area (Å²) in [4.78, 5) is 32.0. The molecule has 1 unspecified atom stereocenters. The molecule has 0 radical (unpaired) electrons. The van der Waals surface area contributed by atoms with E-state index in [1.165, 1.54) is 11.1 Å². The van der Waals surface area contributed by atoms with Crippen molar-refractivity contribution in [1.82, 2.24) is 20.0 Å². The molecule has 3 heterocycles. The molecule has 3 aliphatic rings. The molecule has 1 aromatic rings. The van der Waals surface area contributed by atoms with Crippen molar-refractivity contribution < 1.29 is 9.59 Å². The third-order valence-electron chi connectivity index (χ3n) is 6.79. The van der Waals surface area contributed by atoms with Gasteiger partial charge in [-0.05, 0) is 43.2 Å². The molecule has 1 atom stereocenters. The number of rotatable bonds is 3. The molecular weight excluding hydrogens is 364 g/mol. The summed E-state index contributed by atoms with van der Waals surface area (Å²) in [6, 6.07) is 8.97. The Balaban J connectivity index is 1.38. The fourth-order valence-electron chi connectivity index (χ4n) is 4.90. The van der Waals surface area contributed by atoms with E-state index in [9.17, 15) is 9.59 Å². The van der Waals surface area contributed by atoms with E-state index in [4.69, 9.17) is 0 Å². The van der Waals surface area contributed by atoms with Crippen LogP contribution >= 0.6 is 0 Å². The summed E-state index contributed by atoms with van der Waals surface area (Å²) < 4.78 is 0. The summed E-state index contributed by atoms with van der Waals surface area (Å²) in [5.41, 5.74) is 2.54. The number of carbonyl (C=O) groups is 2. The Bertz CT molecular complexity index is 706. The van der Waals surface area contributed by atoms with E-state index in [1.54, 1.807) is 0 Å². The van der Waals surface area contributed by atoms with Gasteiger partial charge in [-0.1, -0.05) is 31.2 Å². The number of hydrogen-bond donors (Lipinski definition) is 1. The van der Waals surface area contributed by atoms with Crippen LogP contribution in [0, 0.1) is 5.92 Å². The maximum absolute atomic E-state index is 13.4. The van der Waals surface area contributed by atoms with Gasteiger partial charge < -0.3 is 20.0 Å². The monoisotopic (exact) mass is 398 g/mol. The topological polar surface area (TPSA) is 55.9 Å².